The van der Waals surface area contributed by atoms with Crippen LogP contribution in [0, 0.1) is 6.92 Å². The first-order chi connectivity index (χ1) is 12.2. The van der Waals surface area contributed by atoms with Crippen LogP contribution in [-0.2, 0) is 25.9 Å². The van der Waals surface area contributed by atoms with E-state index in [-0.39, 0.29) is 0 Å². The molecule has 1 aliphatic heterocycles. The van der Waals surface area contributed by atoms with E-state index >= 15 is 0 Å². The number of nitrogens with zero attached hydrogens (tertiary/aromatic N) is 4. The summed E-state index contributed by atoms with van der Waals surface area (Å²) in [7, 11) is 0. The van der Waals surface area contributed by atoms with Gasteiger partial charge in [0.05, 0.1) is 0 Å². The van der Waals surface area contributed by atoms with Crippen LogP contribution in [0.1, 0.15) is 48.1 Å². The van der Waals surface area contributed by atoms with Crippen molar-refractivity contribution in [2.75, 3.05) is 6.54 Å². The molecule has 0 fully saturated rings. The van der Waals surface area contributed by atoms with Crippen LogP contribution >= 0.6 is 11.3 Å². The zero-order valence-electron chi connectivity index (χ0n) is 15.4. The van der Waals surface area contributed by atoms with Crippen LogP contribution < -0.4 is 10.6 Å². The molecule has 2 aromatic heterocycles. The van der Waals surface area contributed by atoms with Gasteiger partial charge >= 0.3 is 0 Å². The Morgan fingerprint density at radius 2 is 2.24 bits per heavy atom. The topological polar surface area (TPSA) is 67.1 Å². The summed E-state index contributed by atoms with van der Waals surface area (Å²) in [5.41, 5.74) is 0. The van der Waals surface area contributed by atoms with E-state index in [1.807, 2.05) is 11.3 Å². The van der Waals surface area contributed by atoms with Gasteiger partial charge in [0, 0.05) is 41.7 Å². The quantitative estimate of drug-likeness (QED) is 0.614. The van der Waals surface area contributed by atoms with Gasteiger partial charge in [-0.2, -0.15) is 0 Å². The molecule has 1 aliphatic rings. The summed E-state index contributed by atoms with van der Waals surface area (Å²) in [5, 5.41) is 15.5. The van der Waals surface area contributed by atoms with E-state index in [1.165, 1.54) is 22.6 Å². The van der Waals surface area contributed by atoms with Gasteiger partial charge in [0.25, 0.3) is 0 Å². The highest BCUT2D eigenvalue weighted by atomic mass is 32.1. The summed E-state index contributed by atoms with van der Waals surface area (Å²) in [5.74, 6) is 2.92. The summed E-state index contributed by atoms with van der Waals surface area (Å²) in [6.07, 6.45) is 4.46. The molecule has 1 unspecified atom stereocenters. The fourth-order valence-electron chi connectivity index (χ4n) is 3.14. The van der Waals surface area contributed by atoms with E-state index < -0.39 is 0 Å². The van der Waals surface area contributed by atoms with Crippen LogP contribution in [0.15, 0.2) is 17.1 Å². The summed E-state index contributed by atoms with van der Waals surface area (Å²) in [4.78, 5) is 7.49. The number of guanidine groups is 1. The van der Waals surface area contributed by atoms with Crippen molar-refractivity contribution < 1.29 is 0 Å². The van der Waals surface area contributed by atoms with Gasteiger partial charge in [-0.1, -0.05) is 0 Å². The van der Waals surface area contributed by atoms with Crippen LogP contribution in [0.3, 0.4) is 0 Å². The Hall–Kier alpha value is -1.89. The smallest absolute Gasteiger partial charge is 0.191 e. The normalized spacial score (nSPS) is 15.7. The third kappa shape index (κ3) is 4.81. The molecule has 3 heterocycles. The molecule has 6 nitrogen and oxygen atoms in total. The molecule has 25 heavy (non-hydrogen) atoms. The minimum atomic E-state index is 0.322. The van der Waals surface area contributed by atoms with E-state index in [0.29, 0.717) is 12.6 Å². The maximum absolute atomic E-state index is 4.73. The minimum absolute atomic E-state index is 0.322. The van der Waals surface area contributed by atoms with Crippen molar-refractivity contribution in [2.24, 2.45) is 4.99 Å². The molecule has 0 aromatic carbocycles. The monoisotopic (exact) mass is 360 g/mol. The minimum Gasteiger partial charge on any atom is -0.357 e. The number of aliphatic imine (C=N–C) groups is 1. The summed E-state index contributed by atoms with van der Waals surface area (Å²) >= 11 is 1.86. The van der Waals surface area contributed by atoms with Crippen molar-refractivity contribution in [3.8, 4) is 0 Å². The Labute approximate surface area is 153 Å². The fraction of sp³-hybridized carbons (Fsp3) is 0.611. The maximum Gasteiger partial charge on any atom is 0.191 e. The maximum atomic E-state index is 4.73. The highest BCUT2D eigenvalue weighted by Gasteiger charge is 2.15. The van der Waals surface area contributed by atoms with E-state index in [2.05, 4.69) is 58.3 Å². The zero-order valence-corrected chi connectivity index (χ0v) is 16.2. The first kappa shape index (κ1) is 17.9. The molecule has 0 saturated heterocycles. The fourth-order valence-corrected chi connectivity index (χ4v) is 4.16. The molecule has 2 N–H and O–H groups in total. The summed E-state index contributed by atoms with van der Waals surface area (Å²) in [6.45, 7) is 8.86. The van der Waals surface area contributed by atoms with E-state index in [9.17, 15) is 0 Å². The second-order valence-corrected chi connectivity index (χ2v) is 7.97. The van der Waals surface area contributed by atoms with Crippen LogP contribution in [-0.4, -0.2) is 33.3 Å². The number of aromatic nitrogens is 3. The third-order valence-corrected chi connectivity index (χ3v) is 5.37. The van der Waals surface area contributed by atoms with Gasteiger partial charge in [0.2, 0.25) is 0 Å². The second-order valence-electron chi connectivity index (χ2n) is 6.60. The highest BCUT2D eigenvalue weighted by Crippen LogP contribution is 2.17. The van der Waals surface area contributed by atoms with Gasteiger partial charge in [-0.3, -0.25) is 0 Å². The van der Waals surface area contributed by atoms with Crippen LogP contribution in [0.2, 0.25) is 0 Å². The van der Waals surface area contributed by atoms with Crippen molar-refractivity contribution in [2.45, 2.75) is 65.6 Å². The highest BCUT2D eigenvalue weighted by molar-refractivity contribution is 7.11. The predicted octanol–water partition coefficient (Wildman–Crippen LogP) is 2.67. The average molecular weight is 361 g/mol. The van der Waals surface area contributed by atoms with Gasteiger partial charge in [-0.05, 0) is 45.7 Å². The molecule has 0 aliphatic carbocycles. The Kier molecular flexibility index (Phi) is 6.07. The molecule has 3 rings (SSSR count). The van der Waals surface area contributed by atoms with Crippen molar-refractivity contribution in [1.29, 1.82) is 0 Å². The van der Waals surface area contributed by atoms with Gasteiger partial charge in [-0.15, -0.1) is 21.5 Å². The molecule has 0 amide bonds. The Bertz CT molecular complexity index is 717. The third-order valence-electron chi connectivity index (χ3n) is 4.35. The molecule has 2 aromatic rings. The number of hydrogen-bond acceptors (Lipinski definition) is 4. The average Bonchev–Trinajstić information content (AvgIpc) is 3.19. The number of rotatable bonds is 6. The van der Waals surface area contributed by atoms with Crippen molar-refractivity contribution >= 4 is 17.3 Å². The lowest BCUT2D eigenvalue weighted by atomic mass is 10.2. The number of nitrogens with one attached hydrogen (secondary N) is 2. The first-order valence-electron chi connectivity index (χ1n) is 9.17. The lowest BCUT2D eigenvalue weighted by Gasteiger charge is -2.18. The standard InChI is InChI=1S/C18H28N6S/c1-4-19-18(21-13(2)11-15-9-8-14(3)25-15)20-12-17-23-22-16-7-5-6-10-24(16)17/h8-9,13H,4-7,10-12H2,1-3H3,(H2,19,20,21). The Balaban J connectivity index is 1.61. The van der Waals surface area contributed by atoms with Crippen LogP contribution in [0.25, 0.3) is 0 Å². The molecule has 0 spiro atoms. The Morgan fingerprint density at radius 1 is 1.36 bits per heavy atom. The van der Waals surface area contributed by atoms with Crippen LogP contribution in [0.4, 0.5) is 0 Å². The molecule has 0 radical (unpaired) electrons. The first-order valence-corrected chi connectivity index (χ1v) is 9.98. The van der Waals surface area contributed by atoms with Gasteiger partial charge in [0.1, 0.15) is 12.4 Å². The summed E-state index contributed by atoms with van der Waals surface area (Å²) < 4.78 is 2.23. The lowest BCUT2D eigenvalue weighted by Crippen LogP contribution is -2.43. The number of aryl methyl sites for hydroxylation is 2. The van der Waals surface area contributed by atoms with Crippen LogP contribution in [0.5, 0.6) is 0 Å². The molecule has 0 saturated carbocycles. The van der Waals surface area contributed by atoms with Gasteiger partial charge in [0.15, 0.2) is 11.8 Å². The summed E-state index contributed by atoms with van der Waals surface area (Å²) in [6, 6.07) is 4.72. The predicted molar refractivity (Wildman–Crippen MR) is 103 cm³/mol. The van der Waals surface area contributed by atoms with E-state index in [4.69, 9.17) is 4.99 Å². The van der Waals surface area contributed by atoms with Crippen molar-refractivity contribution in [1.82, 2.24) is 25.4 Å². The molecule has 136 valence electrons. The molecular formula is C18H28N6S. The van der Waals surface area contributed by atoms with Crippen molar-refractivity contribution in [3.05, 3.63) is 33.5 Å². The van der Waals surface area contributed by atoms with Gasteiger partial charge < -0.3 is 15.2 Å². The second kappa shape index (κ2) is 8.47. The number of fused-ring (bicyclic) bond motifs is 1. The van der Waals surface area contributed by atoms with E-state index in [1.54, 1.807) is 0 Å². The molecule has 0 bridgehead atoms. The molecular weight excluding hydrogens is 332 g/mol. The zero-order chi connectivity index (χ0) is 17.6. The molecule has 1 atom stereocenters. The number of thiophene rings is 1. The Morgan fingerprint density at radius 3 is 3.00 bits per heavy atom. The van der Waals surface area contributed by atoms with Crippen molar-refractivity contribution in [3.63, 3.8) is 0 Å². The largest absolute Gasteiger partial charge is 0.357 e. The SMILES string of the molecule is CCNC(=NCc1nnc2n1CCCC2)NC(C)Cc1ccc(C)s1. The van der Waals surface area contributed by atoms with Gasteiger partial charge in [-0.25, -0.2) is 4.99 Å². The van der Waals surface area contributed by atoms with E-state index in [0.717, 1.165) is 43.5 Å². The lowest BCUT2D eigenvalue weighted by molar-refractivity contribution is 0.508. The number of hydrogen-bond donors (Lipinski definition) is 2. The molecule has 7 heteroatoms.